The second kappa shape index (κ2) is 6.27. The van der Waals surface area contributed by atoms with Crippen molar-refractivity contribution in [3.63, 3.8) is 0 Å². The van der Waals surface area contributed by atoms with Crippen LogP contribution in [0.4, 0.5) is 0 Å². The van der Waals surface area contributed by atoms with Crippen molar-refractivity contribution in [3.05, 3.63) is 12.7 Å². The average molecular weight is 225 g/mol. The lowest BCUT2D eigenvalue weighted by Gasteiger charge is -2.32. The zero-order valence-corrected chi connectivity index (χ0v) is 9.66. The predicted molar refractivity (Wildman–Crippen MR) is 61.9 cm³/mol. The summed E-state index contributed by atoms with van der Waals surface area (Å²) in [6.07, 6.45) is 1.91. The van der Waals surface area contributed by atoms with Crippen molar-refractivity contribution in [2.24, 2.45) is 0 Å². The lowest BCUT2D eigenvalue weighted by molar-refractivity contribution is -0.137. The molecule has 16 heavy (non-hydrogen) atoms. The van der Waals surface area contributed by atoms with Gasteiger partial charge in [-0.3, -0.25) is 9.59 Å². The van der Waals surface area contributed by atoms with Crippen molar-refractivity contribution in [1.29, 1.82) is 0 Å². The van der Waals surface area contributed by atoms with Crippen molar-refractivity contribution in [1.82, 2.24) is 15.5 Å². The van der Waals surface area contributed by atoms with Gasteiger partial charge in [0.25, 0.3) is 0 Å². The molecule has 1 atom stereocenters. The molecule has 5 heteroatoms. The first-order valence-electron chi connectivity index (χ1n) is 5.58. The molecule has 1 aliphatic rings. The molecule has 2 N–H and O–H groups in total. The van der Waals surface area contributed by atoms with Crippen molar-refractivity contribution in [3.8, 4) is 0 Å². The fraction of sp³-hybridized carbons (Fsp3) is 0.636. The third-order valence-electron chi connectivity index (χ3n) is 2.50. The molecule has 0 aromatic carbocycles. The summed E-state index contributed by atoms with van der Waals surface area (Å²) in [5, 5.41) is 5.75. The lowest BCUT2D eigenvalue weighted by atomic mass is 10.1. The van der Waals surface area contributed by atoms with Gasteiger partial charge >= 0.3 is 0 Å². The van der Waals surface area contributed by atoms with E-state index in [1.54, 1.807) is 11.0 Å². The van der Waals surface area contributed by atoms with E-state index in [9.17, 15) is 9.59 Å². The summed E-state index contributed by atoms with van der Waals surface area (Å²) in [6.45, 7) is 8.01. The molecule has 1 rings (SSSR count). The number of nitrogens with one attached hydrogen (secondary N) is 2. The quantitative estimate of drug-likeness (QED) is 0.620. The Morgan fingerprint density at radius 2 is 2.50 bits per heavy atom. The van der Waals surface area contributed by atoms with E-state index in [1.165, 1.54) is 0 Å². The van der Waals surface area contributed by atoms with Crippen LogP contribution in [0.1, 0.15) is 13.3 Å². The Balaban J connectivity index is 2.49. The van der Waals surface area contributed by atoms with Gasteiger partial charge in [0.05, 0.1) is 12.5 Å². The average Bonchev–Trinajstić information content (AvgIpc) is 2.24. The van der Waals surface area contributed by atoms with Crippen LogP contribution in [0.3, 0.4) is 0 Å². The Morgan fingerprint density at radius 1 is 1.75 bits per heavy atom. The lowest BCUT2D eigenvalue weighted by Crippen LogP contribution is -2.56. The van der Waals surface area contributed by atoms with Gasteiger partial charge in [0.1, 0.15) is 0 Å². The molecule has 90 valence electrons. The summed E-state index contributed by atoms with van der Waals surface area (Å²) in [4.78, 5) is 25.0. The van der Waals surface area contributed by atoms with Crippen molar-refractivity contribution < 1.29 is 9.59 Å². The molecule has 0 bridgehead atoms. The maximum Gasteiger partial charge on any atom is 0.240 e. The second-order valence-corrected chi connectivity index (χ2v) is 3.74. The molecule has 1 unspecified atom stereocenters. The van der Waals surface area contributed by atoms with Crippen LogP contribution in [0.2, 0.25) is 0 Å². The summed E-state index contributed by atoms with van der Waals surface area (Å²) >= 11 is 0. The van der Waals surface area contributed by atoms with Gasteiger partial charge in [-0.15, -0.1) is 6.58 Å². The Kier molecular flexibility index (Phi) is 4.98. The number of carbonyl (C=O) groups excluding carboxylic acids is 2. The van der Waals surface area contributed by atoms with Crippen LogP contribution >= 0.6 is 0 Å². The number of hydrogen-bond donors (Lipinski definition) is 2. The van der Waals surface area contributed by atoms with Crippen LogP contribution in [-0.2, 0) is 9.59 Å². The van der Waals surface area contributed by atoms with Crippen molar-refractivity contribution in [2.45, 2.75) is 19.4 Å². The normalized spacial score (nSPS) is 20.7. The third-order valence-corrected chi connectivity index (χ3v) is 2.50. The number of hydrogen-bond acceptors (Lipinski definition) is 3. The van der Waals surface area contributed by atoms with Gasteiger partial charge in [-0.05, 0) is 6.92 Å². The van der Waals surface area contributed by atoms with Gasteiger partial charge in [-0.25, -0.2) is 0 Å². The molecular weight excluding hydrogens is 206 g/mol. The van der Waals surface area contributed by atoms with Gasteiger partial charge in [-0.1, -0.05) is 6.08 Å². The first kappa shape index (κ1) is 12.7. The monoisotopic (exact) mass is 225 g/mol. The smallest absolute Gasteiger partial charge is 0.240 e. The Bertz CT molecular complexity index is 278. The highest BCUT2D eigenvalue weighted by Crippen LogP contribution is 2.04. The van der Waals surface area contributed by atoms with Gasteiger partial charge in [0, 0.05) is 26.2 Å². The van der Waals surface area contributed by atoms with Gasteiger partial charge in [0.15, 0.2) is 0 Å². The number of piperazine rings is 1. The third kappa shape index (κ3) is 3.34. The van der Waals surface area contributed by atoms with Crippen LogP contribution in [0.25, 0.3) is 0 Å². The molecule has 0 saturated carbocycles. The van der Waals surface area contributed by atoms with E-state index in [2.05, 4.69) is 17.2 Å². The van der Waals surface area contributed by atoms with E-state index in [0.29, 0.717) is 19.6 Å². The zero-order chi connectivity index (χ0) is 12.0. The van der Waals surface area contributed by atoms with E-state index >= 15 is 0 Å². The van der Waals surface area contributed by atoms with Crippen LogP contribution in [-0.4, -0.2) is 48.9 Å². The molecule has 1 aliphatic heterocycles. The molecular formula is C11H19N3O2. The van der Waals surface area contributed by atoms with E-state index in [0.717, 1.165) is 6.54 Å². The van der Waals surface area contributed by atoms with E-state index in [4.69, 9.17) is 0 Å². The molecule has 1 heterocycles. The number of nitrogens with zero attached hydrogens (tertiary/aromatic N) is 1. The predicted octanol–water partition coefficient (Wildman–Crippen LogP) is -0.501. The van der Waals surface area contributed by atoms with E-state index < -0.39 is 0 Å². The second-order valence-electron chi connectivity index (χ2n) is 3.74. The topological polar surface area (TPSA) is 61.4 Å². The molecule has 1 saturated heterocycles. The van der Waals surface area contributed by atoms with Crippen molar-refractivity contribution >= 4 is 11.8 Å². The maximum absolute atomic E-state index is 11.9. The first-order chi connectivity index (χ1) is 7.69. The van der Waals surface area contributed by atoms with E-state index in [-0.39, 0.29) is 24.3 Å². The summed E-state index contributed by atoms with van der Waals surface area (Å²) in [6, 6.07) is -0.389. The van der Waals surface area contributed by atoms with Crippen molar-refractivity contribution in [2.75, 3.05) is 26.2 Å². The number of rotatable bonds is 5. The molecule has 0 aromatic rings. The number of amides is 2. The van der Waals surface area contributed by atoms with Crippen LogP contribution in [0.15, 0.2) is 12.7 Å². The standard InChI is InChI=1S/C11H19N3O2/c1-3-6-14-7-5-13-9(11(14)16)8-10(15)12-4-2/h3,9,13H,1,4-8H2,2H3,(H,12,15). The molecule has 2 amide bonds. The summed E-state index contributed by atoms with van der Waals surface area (Å²) in [7, 11) is 0. The molecule has 5 nitrogen and oxygen atoms in total. The van der Waals surface area contributed by atoms with Crippen LogP contribution in [0.5, 0.6) is 0 Å². The van der Waals surface area contributed by atoms with E-state index in [1.807, 2.05) is 6.92 Å². The summed E-state index contributed by atoms with van der Waals surface area (Å²) in [5.41, 5.74) is 0. The Hall–Kier alpha value is -1.36. The molecule has 1 fully saturated rings. The first-order valence-corrected chi connectivity index (χ1v) is 5.58. The fourth-order valence-corrected chi connectivity index (χ4v) is 1.74. The van der Waals surface area contributed by atoms with Gasteiger partial charge in [-0.2, -0.15) is 0 Å². The minimum Gasteiger partial charge on any atom is -0.356 e. The zero-order valence-electron chi connectivity index (χ0n) is 9.66. The number of carbonyl (C=O) groups is 2. The van der Waals surface area contributed by atoms with Gasteiger partial charge in [0.2, 0.25) is 11.8 Å². The van der Waals surface area contributed by atoms with Gasteiger partial charge < -0.3 is 15.5 Å². The largest absolute Gasteiger partial charge is 0.356 e. The molecule has 0 aromatic heterocycles. The highest BCUT2D eigenvalue weighted by Gasteiger charge is 2.28. The molecule has 0 spiro atoms. The summed E-state index contributed by atoms with van der Waals surface area (Å²) < 4.78 is 0. The minimum atomic E-state index is -0.389. The van der Waals surface area contributed by atoms with Crippen LogP contribution in [0, 0.1) is 0 Å². The fourth-order valence-electron chi connectivity index (χ4n) is 1.74. The van der Waals surface area contributed by atoms with Crippen LogP contribution < -0.4 is 10.6 Å². The highest BCUT2D eigenvalue weighted by molar-refractivity contribution is 5.88. The highest BCUT2D eigenvalue weighted by atomic mass is 16.2. The SMILES string of the molecule is C=CCN1CCNC(CC(=O)NCC)C1=O. The summed E-state index contributed by atoms with van der Waals surface area (Å²) in [5.74, 6) is -0.105. The molecule has 0 aliphatic carbocycles. The maximum atomic E-state index is 11.9. The minimum absolute atomic E-state index is 0.0163. The Morgan fingerprint density at radius 3 is 3.12 bits per heavy atom. The Labute approximate surface area is 95.9 Å². The molecule has 0 radical (unpaired) electrons.